The standard InChI is InChI=1S/C10H21NO2.H2/c1-7(2)11-8(3)9(12)13-10(4,5)6;/h7-8,11H,1-6H3;1H/t8-;/m0./s1. The second-order valence-electron chi connectivity index (χ2n) is 4.58. The van der Waals surface area contributed by atoms with Crippen molar-refractivity contribution in [3.8, 4) is 0 Å². The first-order chi connectivity index (χ1) is 5.72. The zero-order valence-electron chi connectivity index (χ0n) is 9.47. The fraction of sp³-hybridized carbons (Fsp3) is 0.900. The maximum absolute atomic E-state index is 11.4. The second-order valence-corrected chi connectivity index (χ2v) is 4.58. The molecule has 0 radical (unpaired) electrons. The maximum Gasteiger partial charge on any atom is 0.323 e. The first-order valence-electron chi connectivity index (χ1n) is 4.71. The minimum Gasteiger partial charge on any atom is -0.459 e. The van der Waals surface area contributed by atoms with Gasteiger partial charge in [0.05, 0.1) is 0 Å². The van der Waals surface area contributed by atoms with Gasteiger partial charge in [-0.15, -0.1) is 0 Å². The fourth-order valence-corrected chi connectivity index (χ4v) is 0.958. The van der Waals surface area contributed by atoms with Crippen molar-refractivity contribution in [1.29, 1.82) is 0 Å². The maximum atomic E-state index is 11.4. The van der Waals surface area contributed by atoms with Gasteiger partial charge < -0.3 is 10.1 Å². The zero-order chi connectivity index (χ0) is 10.6. The summed E-state index contributed by atoms with van der Waals surface area (Å²) in [7, 11) is 0. The van der Waals surface area contributed by atoms with Gasteiger partial charge in [0.2, 0.25) is 0 Å². The monoisotopic (exact) mass is 189 g/mol. The van der Waals surface area contributed by atoms with Crippen molar-refractivity contribution in [3.05, 3.63) is 0 Å². The van der Waals surface area contributed by atoms with E-state index in [9.17, 15) is 4.79 Å². The summed E-state index contributed by atoms with van der Waals surface area (Å²) >= 11 is 0. The molecule has 0 aliphatic heterocycles. The molecule has 0 rings (SSSR count). The van der Waals surface area contributed by atoms with E-state index in [4.69, 9.17) is 4.74 Å². The summed E-state index contributed by atoms with van der Waals surface area (Å²) in [5.74, 6) is -0.193. The van der Waals surface area contributed by atoms with Crippen LogP contribution in [-0.4, -0.2) is 23.7 Å². The van der Waals surface area contributed by atoms with Crippen LogP contribution in [0.2, 0.25) is 0 Å². The Bertz CT molecular complexity index is 175. The molecule has 0 aliphatic carbocycles. The van der Waals surface area contributed by atoms with Gasteiger partial charge in [0.1, 0.15) is 11.6 Å². The third-order valence-electron chi connectivity index (χ3n) is 1.34. The fourth-order valence-electron chi connectivity index (χ4n) is 0.958. The predicted molar refractivity (Wildman–Crippen MR) is 55.7 cm³/mol. The van der Waals surface area contributed by atoms with Gasteiger partial charge in [0.25, 0.3) is 0 Å². The summed E-state index contributed by atoms with van der Waals surface area (Å²) in [5.41, 5.74) is -0.399. The summed E-state index contributed by atoms with van der Waals surface area (Å²) in [6.07, 6.45) is 0. The highest BCUT2D eigenvalue weighted by Gasteiger charge is 2.21. The molecule has 0 spiro atoms. The molecule has 0 amide bonds. The smallest absolute Gasteiger partial charge is 0.323 e. The molecular formula is C10H23NO2. The Kier molecular flexibility index (Phi) is 4.40. The Labute approximate surface area is 82.3 Å². The summed E-state index contributed by atoms with van der Waals surface area (Å²) < 4.78 is 5.20. The Morgan fingerprint density at radius 1 is 1.31 bits per heavy atom. The molecule has 80 valence electrons. The van der Waals surface area contributed by atoms with Gasteiger partial charge in [-0.3, -0.25) is 4.79 Å². The van der Waals surface area contributed by atoms with Gasteiger partial charge in [0, 0.05) is 7.47 Å². The van der Waals surface area contributed by atoms with Gasteiger partial charge in [-0.2, -0.15) is 0 Å². The van der Waals surface area contributed by atoms with Crippen LogP contribution in [0.3, 0.4) is 0 Å². The summed E-state index contributed by atoms with van der Waals surface area (Å²) in [6, 6.07) is 0.0572. The quantitative estimate of drug-likeness (QED) is 0.690. The first kappa shape index (κ1) is 12.4. The van der Waals surface area contributed by atoms with Crippen molar-refractivity contribution in [2.75, 3.05) is 0 Å². The van der Waals surface area contributed by atoms with E-state index in [0.717, 1.165) is 0 Å². The van der Waals surface area contributed by atoms with Crippen molar-refractivity contribution in [2.24, 2.45) is 0 Å². The molecule has 0 saturated heterocycles. The lowest BCUT2D eigenvalue weighted by atomic mass is 10.2. The van der Waals surface area contributed by atoms with E-state index in [1.54, 1.807) is 0 Å². The van der Waals surface area contributed by atoms with Crippen LogP contribution >= 0.6 is 0 Å². The topological polar surface area (TPSA) is 38.3 Å². The lowest BCUT2D eigenvalue weighted by Gasteiger charge is -2.23. The van der Waals surface area contributed by atoms with E-state index in [1.165, 1.54) is 0 Å². The van der Waals surface area contributed by atoms with Gasteiger partial charge >= 0.3 is 5.97 Å². The third-order valence-corrected chi connectivity index (χ3v) is 1.34. The minimum absolute atomic E-state index is 0. The molecule has 1 atom stereocenters. The number of hydrogen-bond acceptors (Lipinski definition) is 3. The highest BCUT2D eigenvalue weighted by Crippen LogP contribution is 2.08. The average Bonchev–Trinajstić information content (AvgIpc) is 1.81. The number of rotatable bonds is 3. The van der Waals surface area contributed by atoms with Gasteiger partial charge in [-0.05, 0) is 27.7 Å². The summed E-state index contributed by atoms with van der Waals surface area (Å²) in [4.78, 5) is 11.4. The number of nitrogens with one attached hydrogen (secondary N) is 1. The van der Waals surface area contributed by atoms with Crippen LogP contribution < -0.4 is 5.32 Å². The minimum atomic E-state index is -0.399. The number of esters is 1. The molecule has 1 N–H and O–H groups in total. The molecule has 0 heterocycles. The van der Waals surface area contributed by atoms with Crippen molar-refractivity contribution in [1.82, 2.24) is 5.32 Å². The molecule has 0 aromatic rings. The zero-order valence-corrected chi connectivity index (χ0v) is 9.47. The van der Waals surface area contributed by atoms with E-state index in [0.29, 0.717) is 6.04 Å². The normalized spacial score (nSPS) is 14.4. The number of carbonyl (C=O) groups excluding carboxylic acids is 1. The van der Waals surface area contributed by atoms with Crippen LogP contribution in [0.5, 0.6) is 0 Å². The highest BCUT2D eigenvalue weighted by atomic mass is 16.6. The van der Waals surface area contributed by atoms with Crippen LogP contribution in [0, 0.1) is 0 Å². The number of ether oxygens (including phenoxy) is 1. The molecule has 0 aliphatic rings. The molecule has 0 unspecified atom stereocenters. The predicted octanol–water partition coefficient (Wildman–Crippen LogP) is 1.96. The summed E-state index contributed by atoms with van der Waals surface area (Å²) in [6.45, 7) is 11.4. The van der Waals surface area contributed by atoms with Gasteiger partial charge in [-0.1, -0.05) is 13.8 Å². The molecular weight excluding hydrogens is 166 g/mol. The third kappa shape index (κ3) is 6.58. The van der Waals surface area contributed by atoms with Gasteiger partial charge in [0.15, 0.2) is 0 Å². The summed E-state index contributed by atoms with van der Waals surface area (Å²) in [5, 5.41) is 3.09. The van der Waals surface area contributed by atoms with Crippen molar-refractivity contribution >= 4 is 5.97 Å². The number of carbonyl (C=O) groups is 1. The SMILES string of the molecule is CC(C)N[C@@H](C)C(=O)OC(C)(C)C.[HH]. The Morgan fingerprint density at radius 2 is 1.77 bits per heavy atom. The van der Waals surface area contributed by atoms with E-state index < -0.39 is 5.60 Å². The Morgan fingerprint density at radius 3 is 2.08 bits per heavy atom. The van der Waals surface area contributed by atoms with Gasteiger partial charge in [-0.25, -0.2) is 0 Å². The van der Waals surface area contributed by atoms with Crippen LogP contribution in [-0.2, 0) is 9.53 Å². The molecule has 0 aromatic carbocycles. The molecule has 0 aromatic heterocycles. The lowest BCUT2D eigenvalue weighted by Crippen LogP contribution is -2.42. The van der Waals surface area contributed by atoms with E-state index in [2.05, 4.69) is 5.32 Å². The average molecular weight is 189 g/mol. The molecule has 0 bridgehead atoms. The lowest BCUT2D eigenvalue weighted by molar-refractivity contribution is -0.157. The van der Waals surface area contributed by atoms with E-state index in [1.807, 2.05) is 41.5 Å². The molecule has 0 saturated carbocycles. The first-order valence-corrected chi connectivity index (χ1v) is 4.71. The van der Waals surface area contributed by atoms with E-state index in [-0.39, 0.29) is 13.4 Å². The van der Waals surface area contributed by atoms with Crippen LogP contribution in [0.25, 0.3) is 0 Å². The Hall–Kier alpha value is -0.570. The van der Waals surface area contributed by atoms with Crippen LogP contribution in [0.1, 0.15) is 43.0 Å². The van der Waals surface area contributed by atoms with Crippen molar-refractivity contribution in [3.63, 3.8) is 0 Å². The van der Waals surface area contributed by atoms with Crippen molar-refractivity contribution < 1.29 is 11.0 Å². The molecule has 3 nitrogen and oxygen atoms in total. The highest BCUT2D eigenvalue weighted by molar-refractivity contribution is 5.75. The number of hydrogen-bond donors (Lipinski definition) is 1. The second kappa shape index (κ2) is 4.61. The van der Waals surface area contributed by atoms with Crippen molar-refractivity contribution in [2.45, 2.75) is 59.2 Å². The van der Waals surface area contributed by atoms with Crippen LogP contribution in [0.4, 0.5) is 0 Å². The Balaban J connectivity index is 0. The largest absolute Gasteiger partial charge is 0.459 e. The van der Waals surface area contributed by atoms with E-state index >= 15 is 0 Å². The molecule has 0 fully saturated rings. The van der Waals surface area contributed by atoms with Crippen LogP contribution in [0.15, 0.2) is 0 Å². The molecule has 13 heavy (non-hydrogen) atoms. The molecule has 3 heteroatoms.